The summed E-state index contributed by atoms with van der Waals surface area (Å²) in [5.41, 5.74) is 13.6. The average molecular weight is 825 g/mol. The second-order valence-electron chi connectivity index (χ2n) is 12.7. The van der Waals surface area contributed by atoms with Gasteiger partial charge in [0.15, 0.2) is 0 Å². The zero-order valence-corrected chi connectivity index (χ0v) is 32.9. The van der Waals surface area contributed by atoms with Crippen molar-refractivity contribution in [3.63, 3.8) is 0 Å². The van der Waals surface area contributed by atoms with E-state index in [0.717, 1.165) is 49.0 Å². The monoisotopic (exact) mass is 822 g/mol. The first-order valence-corrected chi connectivity index (χ1v) is 18.2. The molecule has 51 heavy (non-hydrogen) atoms. The Balaban J connectivity index is 0.000000198. The minimum Gasteiger partial charge on any atom is -0.496 e. The van der Waals surface area contributed by atoms with E-state index < -0.39 is 0 Å². The summed E-state index contributed by atoms with van der Waals surface area (Å²) < 4.78 is 22.6. The molecule has 4 aromatic rings. The van der Waals surface area contributed by atoms with E-state index in [1.54, 1.807) is 38.5 Å². The van der Waals surface area contributed by atoms with Gasteiger partial charge in [-0.05, 0) is 137 Å². The minimum absolute atomic E-state index is 0.0327. The van der Waals surface area contributed by atoms with Crippen LogP contribution in [0.15, 0.2) is 69.6 Å². The van der Waals surface area contributed by atoms with Crippen molar-refractivity contribution in [3.05, 3.63) is 103 Å². The Kier molecular flexibility index (Phi) is 12.7. The molecule has 0 saturated carbocycles. The number of methoxy groups -OCH3 is 4. The molecular weight excluding hydrogens is 780 g/mol. The lowest BCUT2D eigenvalue weighted by atomic mass is 9.88. The van der Waals surface area contributed by atoms with Gasteiger partial charge >= 0.3 is 0 Å². The molecule has 2 amide bonds. The molecule has 0 heterocycles. The number of aryl methyl sites for hydroxylation is 1. The Hall–Kier alpha value is -4.10. The number of hydrogen-bond acceptors (Lipinski definition) is 8. The maximum atomic E-state index is 12.8. The van der Waals surface area contributed by atoms with Crippen molar-refractivity contribution < 1.29 is 28.5 Å². The fourth-order valence-corrected chi connectivity index (χ4v) is 7.43. The van der Waals surface area contributed by atoms with Crippen LogP contribution in [0.2, 0.25) is 0 Å². The number of amides is 2. The topological polar surface area (TPSA) is 124 Å². The van der Waals surface area contributed by atoms with Crippen LogP contribution in [-0.4, -0.2) is 65.3 Å². The summed E-state index contributed by atoms with van der Waals surface area (Å²) in [6.45, 7) is 0. The summed E-state index contributed by atoms with van der Waals surface area (Å²) in [4.78, 5) is 27.7. The number of anilines is 2. The fraction of sp³-hybridized carbons (Fsp3) is 0.333. The highest BCUT2D eigenvalue weighted by atomic mass is 79.9. The smallest absolute Gasteiger partial charge is 0.259 e. The summed E-state index contributed by atoms with van der Waals surface area (Å²) in [5, 5.41) is 5.91. The van der Waals surface area contributed by atoms with Gasteiger partial charge in [-0.3, -0.25) is 9.59 Å². The molecule has 0 aromatic heterocycles. The maximum Gasteiger partial charge on any atom is 0.259 e. The average Bonchev–Trinajstić information content (AvgIpc) is 3.56. The zero-order valence-electron chi connectivity index (χ0n) is 29.7. The predicted molar refractivity (Wildman–Crippen MR) is 208 cm³/mol. The van der Waals surface area contributed by atoms with E-state index in [2.05, 4.69) is 73.6 Å². The van der Waals surface area contributed by atoms with Crippen LogP contribution >= 0.6 is 31.9 Å². The lowest BCUT2D eigenvalue weighted by molar-refractivity contribution is 0.101. The van der Waals surface area contributed by atoms with Crippen molar-refractivity contribution in [2.75, 3.05) is 53.2 Å². The SMILES string of the molecule is COc1cc(OC)c(C(=O)Nc2ccc3c(c2)C(N)CCC3)cc1Br.COc1cc(OC)c(C(=O)Nc2ccc3c(c2)CC(N(C)C)C3)cc1Br. The van der Waals surface area contributed by atoms with Gasteiger partial charge < -0.3 is 40.2 Å². The van der Waals surface area contributed by atoms with Crippen LogP contribution in [0.4, 0.5) is 11.4 Å². The van der Waals surface area contributed by atoms with Gasteiger partial charge in [-0.25, -0.2) is 0 Å². The van der Waals surface area contributed by atoms with E-state index in [1.807, 2.05) is 24.3 Å². The molecule has 4 N–H and O–H groups in total. The summed E-state index contributed by atoms with van der Waals surface area (Å²) in [6.07, 6.45) is 5.18. The van der Waals surface area contributed by atoms with Crippen LogP contribution in [-0.2, 0) is 19.3 Å². The molecule has 0 bridgehead atoms. The maximum absolute atomic E-state index is 12.8. The summed E-state index contributed by atoms with van der Waals surface area (Å²) in [5.74, 6) is 1.68. The van der Waals surface area contributed by atoms with Crippen molar-refractivity contribution in [1.82, 2.24) is 4.90 Å². The second-order valence-corrected chi connectivity index (χ2v) is 14.4. The molecule has 2 atom stereocenters. The van der Waals surface area contributed by atoms with E-state index in [4.69, 9.17) is 24.7 Å². The Morgan fingerprint density at radius 3 is 1.69 bits per heavy atom. The third kappa shape index (κ3) is 8.86. The molecule has 6 rings (SSSR count). The lowest BCUT2D eigenvalue weighted by Gasteiger charge is -2.23. The van der Waals surface area contributed by atoms with Crippen LogP contribution in [0.3, 0.4) is 0 Å². The van der Waals surface area contributed by atoms with Gasteiger partial charge in [0.05, 0.1) is 48.5 Å². The Morgan fingerprint density at radius 2 is 1.18 bits per heavy atom. The Morgan fingerprint density at radius 1 is 0.686 bits per heavy atom. The fourth-order valence-electron chi connectivity index (χ4n) is 6.42. The number of halogens is 2. The highest BCUT2D eigenvalue weighted by Gasteiger charge is 2.24. The third-order valence-corrected chi connectivity index (χ3v) is 10.5. The van der Waals surface area contributed by atoms with E-state index in [1.165, 1.54) is 30.9 Å². The number of rotatable bonds is 9. The molecule has 0 spiro atoms. The minimum atomic E-state index is -0.246. The van der Waals surface area contributed by atoms with Gasteiger partial charge in [0.2, 0.25) is 0 Å². The van der Waals surface area contributed by atoms with Gasteiger partial charge in [-0.2, -0.15) is 0 Å². The van der Waals surface area contributed by atoms with E-state index in [9.17, 15) is 9.59 Å². The number of benzene rings is 4. The van der Waals surface area contributed by atoms with Gasteiger partial charge in [0, 0.05) is 35.6 Å². The first kappa shape index (κ1) is 38.1. The molecule has 2 aliphatic carbocycles. The molecule has 2 aliphatic rings. The van der Waals surface area contributed by atoms with Crippen LogP contribution < -0.4 is 35.3 Å². The number of fused-ring (bicyclic) bond motifs is 2. The first-order chi connectivity index (χ1) is 24.5. The number of hydrogen-bond donors (Lipinski definition) is 3. The number of nitrogens with one attached hydrogen (secondary N) is 2. The summed E-state index contributed by atoms with van der Waals surface area (Å²) >= 11 is 6.82. The molecule has 10 nitrogen and oxygen atoms in total. The van der Waals surface area contributed by atoms with E-state index in [0.29, 0.717) is 49.1 Å². The van der Waals surface area contributed by atoms with Crippen molar-refractivity contribution in [3.8, 4) is 23.0 Å². The molecule has 270 valence electrons. The molecule has 0 aliphatic heterocycles. The van der Waals surface area contributed by atoms with Crippen LogP contribution in [0.25, 0.3) is 0 Å². The number of carbonyl (C=O) groups excluding carboxylic acids is 2. The number of nitrogens with two attached hydrogens (primary N) is 1. The second kappa shape index (κ2) is 16.9. The molecule has 0 fully saturated rings. The Labute approximate surface area is 316 Å². The molecular formula is C39H44Br2N4O6. The van der Waals surface area contributed by atoms with Crippen LogP contribution in [0.1, 0.15) is 61.9 Å². The number of ether oxygens (including phenoxy) is 4. The molecule has 4 aromatic carbocycles. The molecule has 0 saturated heterocycles. The largest absolute Gasteiger partial charge is 0.496 e. The Bertz CT molecular complexity index is 1920. The number of carbonyl (C=O) groups is 2. The van der Waals surface area contributed by atoms with Crippen molar-refractivity contribution in [2.24, 2.45) is 5.73 Å². The van der Waals surface area contributed by atoms with Gasteiger partial charge in [-0.15, -0.1) is 0 Å². The van der Waals surface area contributed by atoms with Crippen molar-refractivity contribution in [1.29, 1.82) is 0 Å². The first-order valence-electron chi connectivity index (χ1n) is 16.6. The quantitative estimate of drug-likeness (QED) is 0.156. The predicted octanol–water partition coefficient (Wildman–Crippen LogP) is 7.80. The number of nitrogens with zero attached hydrogens (tertiary/aromatic N) is 1. The highest BCUT2D eigenvalue weighted by Crippen LogP contribution is 2.36. The van der Waals surface area contributed by atoms with Crippen molar-refractivity contribution >= 4 is 55.0 Å². The van der Waals surface area contributed by atoms with Crippen LogP contribution in [0, 0.1) is 0 Å². The summed E-state index contributed by atoms with van der Waals surface area (Å²) in [7, 11) is 10.4. The van der Waals surface area contributed by atoms with Gasteiger partial charge in [-0.1, -0.05) is 12.1 Å². The zero-order chi connectivity index (χ0) is 36.8. The highest BCUT2D eigenvalue weighted by molar-refractivity contribution is 9.11. The number of likely N-dealkylation sites (N-methyl/N-ethyl adjacent to an activating group) is 1. The van der Waals surface area contributed by atoms with Crippen molar-refractivity contribution in [2.45, 2.75) is 44.2 Å². The third-order valence-electron chi connectivity index (χ3n) is 9.31. The standard InChI is InChI=1S/C20H23BrN2O3.C19H21BrN2O3/c1-23(2)15-8-12-5-6-14(7-13(12)9-15)22-20(24)16-10-17(21)19(26-4)11-18(16)25-3;1-24-17-10-18(25-2)15(20)9-14(17)19(23)22-12-7-6-11-4-3-5-16(21)13(11)8-12/h5-7,10-11,15H,8-9H2,1-4H3,(H,22,24);6-10,16H,3-5,21H2,1-2H3,(H,22,23). The van der Waals surface area contributed by atoms with E-state index in [-0.39, 0.29) is 17.9 Å². The molecule has 0 radical (unpaired) electrons. The molecule has 12 heteroatoms. The van der Waals surface area contributed by atoms with Gasteiger partial charge in [0.25, 0.3) is 11.8 Å². The normalized spacial score (nSPS) is 15.9. The summed E-state index contributed by atoms with van der Waals surface area (Å²) in [6, 6.07) is 19.4. The van der Waals surface area contributed by atoms with Gasteiger partial charge in [0.1, 0.15) is 23.0 Å². The van der Waals surface area contributed by atoms with E-state index >= 15 is 0 Å². The van der Waals surface area contributed by atoms with Crippen LogP contribution in [0.5, 0.6) is 23.0 Å². The molecule has 2 unspecified atom stereocenters. The lowest BCUT2D eigenvalue weighted by Crippen LogP contribution is -2.27.